The molecule has 1 aromatic carbocycles. The van der Waals surface area contributed by atoms with Crippen LogP contribution in [0.3, 0.4) is 0 Å². The zero-order chi connectivity index (χ0) is 21.2. The summed E-state index contributed by atoms with van der Waals surface area (Å²) in [4.78, 5) is 16.8. The molecule has 2 aromatic rings. The first-order valence-corrected chi connectivity index (χ1v) is 11.3. The Bertz CT molecular complexity index is 823. The zero-order valence-electron chi connectivity index (χ0n) is 18.2. The SMILES string of the molecule is CCCCC1CCC(C(=O)Oc2ccc(/C=C/c3ccncc3)cc2OCC)CC1. The van der Waals surface area contributed by atoms with Crippen molar-refractivity contribution in [2.75, 3.05) is 6.61 Å². The van der Waals surface area contributed by atoms with Crippen molar-refractivity contribution in [1.29, 1.82) is 0 Å². The molecular formula is C26H33NO3. The van der Waals surface area contributed by atoms with Crippen LogP contribution in [0.5, 0.6) is 11.5 Å². The number of hydrogen-bond acceptors (Lipinski definition) is 4. The van der Waals surface area contributed by atoms with E-state index in [1.165, 1.54) is 19.3 Å². The van der Waals surface area contributed by atoms with Crippen LogP contribution < -0.4 is 9.47 Å². The van der Waals surface area contributed by atoms with E-state index >= 15 is 0 Å². The molecular weight excluding hydrogens is 374 g/mol. The molecule has 160 valence electrons. The highest BCUT2D eigenvalue weighted by atomic mass is 16.6. The lowest BCUT2D eigenvalue weighted by Crippen LogP contribution is -2.25. The first kappa shape index (κ1) is 22.1. The van der Waals surface area contributed by atoms with E-state index in [-0.39, 0.29) is 11.9 Å². The molecule has 0 spiro atoms. The number of carbonyl (C=O) groups is 1. The number of ether oxygens (including phenoxy) is 2. The van der Waals surface area contributed by atoms with Crippen LogP contribution in [0.25, 0.3) is 12.2 Å². The van der Waals surface area contributed by atoms with E-state index in [2.05, 4.69) is 11.9 Å². The number of rotatable bonds is 9. The highest BCUT2D eigenvalue weighted by molar-refractivity contribution is 5.77. The minimum Gasteiger partial charge on any atom is -0.490 e. The fourth-order valence-corrected chi connectivity index (χ4v) is 4.02. The Balaban J connectivity index is 1.62. The van der Waals surface area contributed by atoms with Crippen molar-refractivity contribution >= 4 is 18.1 Å². The lowest BCUT2D eigenvalue weighted by molar-refractivity contribution is -0.140. The summed E-state index contributed by atoms with van der Waals surface area (Å²) in [6.07, 6.45) is 15.5. The molecule has 0 radical (unpaired) electrons. The maximum atomic E-state index is 12.7. The van der Waals surface area contributed by atoms with Gasteiger partial charge in [0.1, 0.15) is 0 Å². The summed E-state index contributed by atoms with van der Waals surface area (Å²) in [5.74, 6) is 1.78. The third kappa shape index (κ3) is 6.45. The lowest BCUT2D eigenvalue weighted by Gasteiger charge is -2.27. The Morgan fingerprint density at radius 1 is 1.00 bits per heavy atom. The molecule has 30 heavy (non-hydrogen) atoms. The van der Waals surface area contributed by atoms with Crippen LogP contribution in [0.4, 0.5) is 0 Å². The largest absolute Gasteiger partial charge is 0.490 e. The van der Waals surface area contributed by atoms with Crippen molar-refractivity contribution in [2.24, 2.45) is 11.8 Å². The van der Waals surface area contributed by atoms with Gasteiger partial charge in [-0.2, -0.15) is 0 Å². The summed E-state index contributed by atoms with van der Waals surface area (Å²) in [6, 6.07) is 9.61. The maximum absolute atomic E-state index is 12.7. The van der Waals surface area contributed by atoms with Gasteiger partial charge in [-0.25, -0.2) is 0 Å². The van der Waals surface area contributed by atoms with E-state index in [9.17, 15) is 4.79 Å². The van der Waals surface area contributed by atoms with Gasteiger partial charge in [-0.15, -0.1) is 0 Å². The smallest absolute Gasteiger partial charge is 0.314 e. The van der Waals surface area contributed by atoms with Crippen LogP contribution in [0.15, 0.2) is 42.7 Å². The van der Waals surface area contributed by atoms with Gasteiger partial charge in [0.25, 0.3) is 0 Å². The summed E-state index contributed by atoms with van der Waals surface area (Å²) in [5, 5.41) is 0. The Hall–Kier alpha value is -2.62. The van der Waals surface area contributed by atoms with Crippen LogP contribution in [0, 0.1) is 11.8 Å². The second-order valence-electron chi connectivity index (χ2n) is 8.03. The maximum Gasteiger partial charge on any atom is 0.314 e. The lowest BCUT2D eigenvalue weighted by atomic mass is 9.80. The van der Waals surface area contributed by atoms with Gasteiger partial charge in [0, 0.05) is 12.4 Å². The van der Waals surface area contributed by atoms with Crippen LogP contribution in [0.2, 0.25) is 0 Å². The fraction of sp³-hybridized carbons (Fsp3) is 0.462. The van der Waals surface area contributed by atoms with E-state index < -0.39 is 0 Å². The molecule has 4 nitrogen and oxygen atoms in total. The highest BCUT2D eigenvalue weighted by Crippen LogP contribution is 2.35. The molecule has 0 aliphatic heterocycles. The van der Waals surface area contributed by atoms with Crippen molar-refractivity contribution < 1.29 is 14.3 Å². The molecule has 0 unspecified atom stereocenters. The molecule has 1 aliphatic rings. The molecule has 1 aromatic heterocycles. The average molecular weight is 408 g/mol. The van der Waals surface area contributed by atoms with Crippen molar-refractivity contribution in [2.45, 2.75) is 58.8 Å². The van der Waals surface area contributed by atoms with Gasteiger partial charge in [0.2, 0.25) is 0 Å². The molecule has 1 heterocycles. The van der Waals surface area contributed by atoms with Crippen molar-refractivity contribution in [3.05, 3.63) is 53.9 Å². The second-order valence-corrected chi connectivity index (χ2v) is 8.03. The number of esters is 1. The summed E-state index contributed by atoms with van der Waals surface area (Å²) < 4.78 is 11.5. The monoisotopic (exact) mass is 407 g/mol. The van der Waals surface area contributed by atoms with Crippen LogP contribution in [-0.2, 0) is 4.79 Å². The minimum atomic E-state index is -0.120. The average Bonchev–Trinajstić information content (AvgIpc) is 2.79. The summed E-state index contributed by atoms with van der Waals surface area (Å²) in [5.41, 5.74) is 2.07. The number of aromatic nitrogens is 1. The van der Waals surface area contributed by atoms with E-state index in [1.54, 1.807) is 12.4 Å². The summed E-state index contributed by atoms with van der Waals surface area (Å²) in [6.45, 7) is 4.69. The van der Waals surface area contributed by atoms with E-state index in [1.807, 2.05) is 49.4 Å². The van der Waals surface area contributed by atoms with Crippen molar-refractivity contribution in [1.82, 2.24) is 4.98 Å². The van der Waals surface area contributed by atoms with Gasteiger partial charge < -0.3 is 9.47 Å². The van der Waals surface area contributed by atoms with Gasteiger partial charge in [0.15, 0.2) is 11.5 Å². The quantitative estimate of drug-likeness (QED) is 0.349. The van der Waals surface area contributed by atoms with Gasteiger partial charge in [-0.3, -0.25) is 9.78 Å². The van der Waals surface area contributed by atoms with E-state index in [0.29, 0.717) is 18.1 Å². The summed E-state index contributed by atoms with van der Waals surface area (Å²) in [7, 11) is 0. The van der Waals surface area contributed by atoms with Gasteiger partial charge in [-0.05, 0) is 73.9 Å². The first-order chi connectivity index (χ1) is 14.7. The highest BCUT2D eigenvalue weighted by Gasteiger charge is 2.28. The van der Waals surface area contributed by atoms with Gasteiger partial charge in [0.05, 0.1) is 12.5 Å². The van der Waals surface area contributed by atoms with Crippen LogP contribution in [-0.4, -0.2) is 17.6 Å². The van der Waals surface area contributed by atoms with E-state index in [0.717, 1.165) is 42.7 Å². The number of benzene rings is 1. The number of pyridine rings is 1. The van der Waals surface area contributed by atoms with Gasteiger partial charge in [-0.1, -0.05) is 44.4 Å². The molecule has 1 fully saturated rings. The molecule has 1 saturated carbocycles. The Morgan fingerprint density at radius 2 is 1.73 bits per heavy atom. The molecule has 0 saturated heterocycles. The predicted molar refractivity (Wildman–Crippen MR) is 121 cm³/mol. The normalized spacial score (nSPS) is 19.0. The topological polar surface area (TPSA) is 48.4 Å². The standard InChI is InChI=1S/C26H33NO3/c1-3-5-6-20-9-12-23(13-10-20)26(28)30-24-14-11-22(19-25(24)29-4-2)8-7-21-15-17-27-18-16-21/h7-8,11,14-20,23H,3-6,9-10,12-13H2,1-2H3/b8-7+. The molecule has 0 bridgehead atoms. The number of nitrogens with zero attached hydrogens (tertiary/aromatic N) is 1. The molecule has 0 atom stereocenters. The Kier molecular flexibility index (Phi) is 8.49. The number of unbranched alkanes of at least 4 members (excludes halogenated alkanes) is 1. The number of carbonyl (C=O) groups excluding carboxylic acids is 1. The third-order valence-electron chi connectivity index (χ3n) is 5.80. The third-order valence-corrected chi connectivity index (χ3v) is 5.80. The molecule has 3 rings (SSSR count). The minimum absolute atomic E-state index is 0.00335. The molecule has 1 aliphatic carbocycles. The molecule has 0 amide bonds. The first-order valence-electron chi connectivity index (χ1n) is 11.3. The van der Waals surface area contributed by atoms with Crippen molar-refractivity contribution in [3.8, 4) is 11.5 Å². The Morgan fingerprint density at radius 3 is 2.43 bits per heavy atom. The summed E-state index contributed by atoms with van der Waals surface area (Å²) >= 11 is 0. The van der Waals surface area contributed by atoms with Crippen LogP contribution in [0.1, 0.15) is 69.9 Å². The van der Waals surface area contributed by atoms with Gasteiger partial charge >= 0.3 is 5.97 Å². The second kappa shape index (κ2) is 11.5. The van der Waals surface area contributed by atoms with Crippen molar-refractivity contribution in [3.63, 3.8) is 0 Å². The zero-order valence-corrected chi connectivity index (χ0v) is 18.2. The van der Waals surface area contributed by atoms with Crippen LogP contribution >= 0.6 is 0 Å². The number of hydrogen-bond donors (Lipinski definition) is 0. The molecule has 0 N–H and O–H groups in total. The predicted octanol–water partition coefficient (Wildman–Crippen LogP) is 6.55. The Labute approximate surface area is 180 Å². The van der Waals surface area contributed by atoms with E-state index in [4.69, 9.17) is 9.47 Å². The molecule has 4 heteroatoms. The fourth-order valence-electron chi connectivity index (χ4n) is 4.02.